The highest BCUT2D eigenvalue weighted by molar-refractivity contribution is 7.13. The molecule has 0 radical (unpaired) electrons. The normalized spacial score (nSPS) is 11.8. The van der Waals surface area contributed by atoms with Gasteiger partial charge in [-0.1, -0.05) is 0 Å². The molecule has 0 aliphatic rings. The van der Waals surface area contributed by atoms with E-state index < -0.39 is 30.3 Å². The van der Waals surface area contributed by atoms with Crippen LogP contribution in [-0.4, -0.2) is 39.1 Å². The van der Waals surface area contributed by atoms with Gasteiger partial charge in [-0.3, -0.25) is 9.59 Å². The number of carbonyl (C=O) groups is 3. The Kier molecular flexibility index (Phi) is 4.16. The molecule has 1 aromatic rings. The number of nitrogens with one attached hydrogen (secondary N) is 1. The van der Waals surface area contributed by atoms with Crippen molar-refractivity contribution in [2.45, 2.75) is 19.4 Å². The van der Waals surface area contributed by atoms with E-state index in [-0.39, 0.29) is 4.88 Å². The third-order valence-corrected chi connectivity index (χ3v) is 2.74. The van der Waals surface area contributed by atoms with Gasteiger partial charge in [-0.2, -0.15) is 0 Å². The number of carboxylic acid groups (broad SMARTS) is 2. The Bertz CT molecular complexity index is 456. The summed E-state index contributed by atoms with van der Waals surface area (Å²) in [6.07, 6.45) is 0.647. The van der Waals surface area contributed by atoms with Crippen LogP contribution in [0.1, 0.15) is 21.1 Å². The molecule has 0 fully saturated rings. The third kappa shape index (κ3) is 3.83. The molecule has 0 bridgehead atoms. The lowest BCUT2D eigenvalue weighted by molar-refractivity contribution is -0.145. The zero-order valence-electron chi connectivity index (χ0n) is 8.84. The van der Waals surface area contributed by atoms with E-state index in [1.54, 1.807) is 6.92 Å². The molecule has 0 aliphatic carbocycles. The molecule has 8 heteroatoms. The van der Waals surface area contributed by atoms with E-state index in [1.165, 1.54) is 6.20 Å². The molecule has 92 valence electrons. The van der Waals surface area contributed by atoms with Crippen molar-refractivity contribution in [2.75, 3.05) is 0 Å². The first kappa shape index (κ1) is 13.1. The third-order valence-electron chi connectivity index (χ3n) is 1.83. The highest BCUT2D eigenvalue weighted by atomic mass is 32.1. The second kappa shape index (κ2) is 5.39. The number of aliphatic carboxylic acids is 2. The van der Waals surface area contributed by atoms with E-state index in [0.717, 1.165) is 11.3 Å². The van der Waals surface area contributed by atoms with E-state index in [0.29, 0.717) is 5.01 Å². The quantitative estimate of drug-likeness (QED) is 0.690. The summed E-state index contributed by atoms with van der Waals surface area (Å²) in [6, 6.07) is -1.44. The van der Waals surface area contributed by atoms with E-state index in [1.807, 2.05) is 0 Å². The SMILES string of the molecule is Cc1ncc(C(=O)N[C@H](CC(=O)O)C(=O)O)s1. The molecule has 0 unspecified atom stereocenters. The molecule has 7 nitrogen and oxygen atoms in total. The minimum Gasteiger partial charge on any atom is -0.481 e. The maximum atomic E-state index is 11.6. The molecule has 1 heterocycles. The summed E-state index contributed by atoms with van der Waals surface area (Å²) in [5.41, 5.74) is 0. The Labute approximate surface area is 100 Å². The van der Waals surface area contributed by atoms with Crippen LogP contribution in [0.15, 0.2) is 6.20 Å². The molecule has 0 aromatic carbocycles. The van der Waals surface area contributed by atoms with Crippen LogP contribution in [0.2, 0.25) is 0 Å². The van der Waals surface area contributed by atoms with Crippen molar-refractivity contribution < 1.29 is 24.6 Å². The average Bonchev–Trinajstić information content (AvgIpc) is 2.63. The smallest absolute Gasteiger partial charge is 0.326 e. The number of hydrogen-bond acceptors (Lipinski definition) is 5. The number of carbonyl (C=O) groups excluding carboxylic acids is 1. The van der Waals surface area contributed by atoms with E-state index in [2.05, 4.69) is 10.3 Å². The van der Waals surface area contributed by atoms with Crippen LogP contribution in [0.3, 0.4) is 0 Å². The van der Waals surface area contributed by atoms with Gasteiger partial charge in [-0.15, -0.1) is 11.3 Å². The van der Waals surface area contributed by atoms with Crippen molar-refractivity contribution >= 4 is 29.2 Å². The monoisotopic (exact) mass is 258 g/mol. The summed E-state index contributed by atoms with van der Waals surface area (Å²) >= 11 is 1.10. The van der Waals surface area contributed by atoms with Crippen LogP contribution >= 0.6 is 11.3 Å². The Morgan fingerprint density at radius 3 is 2.53 bits per heavy atom. The number of nitrogens with zero attached hydrogens (tertiary/aromatic N) is 1. The van der Waals surface area contributed by atoms with Gasteiger partial charge in [0.05, 0.1) is 17.6 Å². The average molecular weight is 258 g/mol. The summed E-state index contributed by atoms with van der Waals surface area (Å²) in [6.45, 7) is 1.70. The van der Waals surface area contributed by atoms with Gasteiger partial charge < -0.3 is 15.5 Å². The van der Waals surface area contributed by atoms with E-state index in [4.69, 9.17) is 10.2 Å². The molecule has 0 spiro atoms. The molecule has 1 rings (SSSR count). The van der Waals surface area contributed by atoms with Crippen LogP contribution in [-0.2, 0) is 9.59 Å². The summed E-state index contributed by atoms with van der Waals surface area (Å²) in [5.74, 6) is -3.32. The van der Waals surface area contributed by atoms with Gasteiger partial charge in [0.15, 0.2) is 0 Å². The van der Waals surface area contributed by atoms with Gasteiger partial charge in [0.1, 0.15) is 10.9 Å². The van der Waals surface area contributed by atoms with Crippen molar-refractivity contribution in [1.82, 2.24) is 10.3 Å². The van der Waals surface area contributed by atoms with Gasteiger partial charge in [0, 0.05) is 0 Å². The van der Waals surface area contributed by atoms with Crippen molar-refractivity contribution in [3.8, 4) is 0 Å². The molecule has 1 amide bonds. The minimum atomic E-state index is -1.44. The summed E-state index contributed by atoms with van der Waals surface area (Å²) in [7, 11) is 0. The first-order chi connectivity index (χ1) is 7.90. The zero-order chi connectivity index (χ0) is 13.0. The predicted octanol–water partition coefficient (Wildman–Crippen LogP) is 0.109. The second-order valence-electron chi connectivity index (χ2n) is 3.21. The topological polar surface area (TPSA) is 117 Å². The molecular formula is C9H10N2O5S. The van der Waals surface area contributed by atoms with Gasteiger partial charge in [0.2, 0.25) is 0 Å². The Morgan fingerprint density at radius 1 is 1.47 bits per heavy atom. The van der Waals surface area contributed by atoms with Crippen molar-refractivity contribution in [3.63, 3.8) is 0 Å². The van der Waals surface area contributed by atoms with Crippen LogP contribution in [0.25, 0.3) is 0 Å². The lowest BCUT2D eigenvalue weighted by atomic mass is 10.2. The fraction of sp³-hybridized carbons (Fsp3) is 0.333. The lowest BCUT2D eigenvalue weighted by Gasteiger charge is -2.10. The zero-order valence-corrected chi connectivity index (χ0v) is 9.65. The summed E-state index contributed by atoms with van der Waals surface area (Å²) < 4.78 is 0. The van der Waals surface area contributed by atoms with E-state index in [9.17, 15) is 14.4 Å². The maximum absolute atomic E-state index is 11.6. The number of aryl methyl sites for hydroxylation is 1. The number of amides is 1. The Morgan fingerprint density at radius 2 is 2.12 bits per heavy atom. The molecule has 1 aromatic heterocycles. The highest BCUT2D eigenvalue weighted by Crippen LogP contribution is 2.11. The van der Waals surface area contributed by atoms with Crippen LogP contribution in [0.5, 0.6) is 0 Å². The largest absolute Gasteiger partial charge is 0.481 e. The van der Waals surface area contributed by atoms with Crippen LogP contribution in [0.4, 0.5) is 0 Å². The Hall–Kier alpha value is -1.96. The number of thiazole rings is 1. The standard InChI is InChI=1S/C9H10N2O5S/c1-4-10-3-6(17-4)8(14)11-5(9(15)16)2-7(12)13/h3,5H,2H2,1H3,(H,11,14)(H,12,13)(H,15,16)/t5-/m1/s1. The molecule has 17 heavy (non-hydrogen) atoms. The maximum Gasteiger partial charge on any atom is 0.326 e. The highest BCUT2D eigenvalue weighted by Gasteiger charge is 2.24. The lowest BCUT2D eigenvalue weighted by Crippen LogP contribution is -2.41. The molecule has 0 saturated carbocycles. The van der Waals surface area contributed by atoms with Crippen molar-refractivity contribution in [3.05, 3.63) is 16.1 Å². The number of carboxylic acids is 2. The molecular weight excluding hydrogens is 248 g/mol. The predicted molar refractivity (Wildman–Crippen MR) is 58.0 cm³/mol. The summed E-state index contributed by atoms with van der Waals surface area (Å²) in [4.78, 5) is 36.8. The van der Waals surface area contributed by atoms with Gasteiger partial charge in [0.25, 0.3) is 5.91 Å². The molecule has 3 N–H and O–H groups in total. The fourth-order valence-corrected chi connectivity index (χ4v) is 1.75. The van der Waals surface area contributed by atoms with Crippen LogP contribution in [0, 0.1) is 6.92 Å². The molecule has 0 aliphatic heterocycles. The first-order valence-electron chi connectivity index (χ1n) is 4.58. The van der Waals surface area contributed by atoms with Crippen molar-refractivity contribution in [2.24, 2.45) is 0 Å². The molecule has 0 saturated heterocycles. The number of hydrogen-bond donors (Lipinski definition) is 3. The number of rotatable bonds is 5. The van der Waals surface area contributed by atoms with Crippen LogP contribution < -0.4 is 5.32 Å². The van der Waals surface area contributed by atoms with Gasteiger partial charge in [-0.05, 0) is 6.92 Å². The summed E-state index contributed by atoms with van der Waals surface area (Å²) in [5, 5.41) is 20.0. The minimum absolute atomic E-state index is 0.249. The second-order valence-corrected chi connectivity index (χ2v) is 4.44. The van der Waals surface area contributed by atoms with Gasteiger partial charge >= 0.3 is 11.9 Å². The molecule has 1 atom stereocenters. The van der Waals surface area contributed by atoms with Crippen molar-refractivity contribution in [1.29, 1.82) is 0 Å². The first-order valence-corrected chi connectivity index (χ1v) is 5.39. The number of aromatic nitrogens is 1. The Balaban J connectivity index is 2.70. The van der Waals surface area contributed by atoms with E-state index >= 15 is 0 Å². The fourth-order valence-electron chi connectivity index (χ4n) is 1.07. The van der Waals surface area contributed by atoms with Gasteiger partial charge in [-0.25, -0.2) is 9.78 Å².